The van der Waals surface area contributed by atoms with E-state index in [9.17, 15) is 14.4 Å². The van der Waals surface area contributed by atoms with E-state index in [1.807, 2.05) is 88.0 Å². The van der Waals surface area contributed by atoms with E-state index in [0.717, 1.165) is 36.3 Å². The van der Waals surface area contributed by atoms with Gasteiger partial charge in [-0.3, -0.25) is 9.59 Å². The fourth-order valence-electron chi connectivity index (χ4n) is 4.10. The number of rotatable bonds is 7. The lowest BCUT2D eigenvalue weighted by molar-refractivity contribution is -0.116. The molecule has 2 aromatic rings. The van der Waals surface area contributed by atoms with Crippen LogP contribution in [0.4, 0.5) is 16.2 Å². The molecular formula is C28H39N5O3. The van der Waals surface area contributed by atoms with Gasteiger partial charge in [0.15, 0.2) is 0 Å². The molecule has 0 radical (unpaired) electrons. The van der Waals surface area contributed by atoms with Gasteiger partial charge in [0.1, 0.15) is 6.54 Å². The van der Waals surface area contributed by atoms with Gasteiger partial charge in [0.25, 0.3) is 5.91 Å². The molecule has 3 rings (SSSR count). The predicted molar refractivity (Wildman–Crippen MR) is 145 cm³/mol. The zero-order valence-electron chi connectivity index (χ0n) is 22.1. The maximum absolute atomic E-state index is 12.8. The number of amides is 4. The van der Waals surface area contributed by atoms with Crippen molar-refractivity contribution in [1.29, 1.82) is 0 Å². The van der Waals surface area contributed by atoms with Crippen molar-refractivity contribution in [2.75, 3.05) is 49.5 Å². The van der Waals surface area contributed by atoms with Gasteiger partial charge in [-0.1, -0.05) is 24.6 Å². The smallest absolute Gasteiger partial charge is 0.318 e. The summed E-state index contributed by atoms with van der Waals surface area (Å²) >= 11 is 0. The minimum absolute atomic E-state index is 0.00548. The van der Waals surface area contributed by atoms with Crippen LogP contribution in [0.25, 0.3) is 0 Å². The molecule has 2 N–H and O–H groups in total. The molecule has 0 saturated carbocycles. The van der Waals surface area contributed by atoms with E-state index in [1.54, 1.807) is 0 Å². The van der Waals surface area contributed by atoms with Crippen molar-refractivity contribution < 1.29 is 14.4 Å². The van der Waals surface area contributed by atoms with Crippen LogP contribution in [0.1, 0.15) is 50.0 Å². The number of nitrogens with zero attached hydrogens (tertiary/aromatic N) is 3. The van der Waals surface area contributed by atoms with Gasteiger partial charge < -0.3 is 25.3 Å². The fraction of sp³-hybridized carbons (Fsp3) is 0.464. The zero-order valence-corrected chi connectivity index (χ0v) is 22.1. The van der Waals surface area contributed by atoms with Crippen molar-refractivity contribution in [1.82, 2.24) is 15.1 Å². The molecule has 0 bridgehead atoms. The first-order valence-electron chi connectivity index (χ1n) is 12.6. The Morgan fingerprint density at radius 3 is 2.08 bits per heavy atom. The van der Waals surface area contributed by atoms with E-state index >= 15 is 0 Å². The number of piperazine rings is 1. The number of aryl methyl sites for hydroxylation is 1. The Bertz CT molecular complexity index is 1040. The maximum Gasteiger partial charge on any atom is 0.318 e. The molecule has 36 heavy (non-hydrogen) atoms. The lowest BCUT2D eigenvalue weighted by Gasteiger charge is -2.36. The average molecular weight is 494 g/mol. The number of carbonyl (C=O) groups is 3. The Hall–Kier alpha value is -3.55. The predicted octanol–water partition coefficient (Wildman–Crippen LogP) is 4.12. The van der Waals surface area contributed by atoms with Gasteiger partial charge in [0, 0.05) is 55.2 Å². The first-order chi connectivity index (χ1) is 17.1. The summed E-state index contributed by atoms with van der Waals surface area (Å²) in [4.78, 5) is 43.6. The molecular weight excluding hydrogens is 454 g/mol. The topological polar surface area (TPSA) is 85.0 Å². The van der Waals surface area contributed by atoms with Gasteiger partial charge in [0.2, 0.25) is 5.91 Å². The van der Waals surface area contributed by atoms with Crippen LogP contribution in [0.3, 0.4) is 0 Å². The molecule has 0 spiro atoms. The van der Waals surface area contributed by atoms with Crippen molar-refractivity contribution >= 4 is 29.2 Å². The summed E-state index contributed by atoms with van der Waals surface area (Å²) in [7, 11) is 0. The monoisotopic (exact) mass is 493 g/mol. The number of hydrogen-bond donors (Lipinski definition) is 2. The number of carbonyl (C=O) groups excluding carboxylic acids is 3. The lowest BCUT2D eigenvalue weighted by Crippen LogP contribution is -2.50. The largest absolute Gasteiger partial charge is 0.368 e. The maximum atomic E-state index is 12.8. The van der Waals surface area contributed by atoms with Gasteiger partial charge in [-0.15, -0.1) is 0 Å². The molecule has 0 aromatic heterocycles. The molecule has 1 fully saturated rings. The van der Waals surface area contributed by atoms with Crippen LogP contribution in [0, 0.1) is 6.92 Å². The Kier molecular flexibility index (Phi) is 8.96. The van der Waals surface area contributed by atoms with E-state index in [-0.39, 0.29) is 29.9 Å². The summed E-state index contributed by atoms with van der Waals surface area (Å²) in [6.07, 6.45) is 0.767. The first kappa shape index (κ1) is 27.0. The number of nitrogens with one attached hydrogen (secondary N) is 2. The fourth-order valence-corrected chi connectivity index (χ4v) is 4.10. The second-order valence-corrected chi connectivity index (χ2v) is 10.3. The van der Waals surface area contributed by atoms with Crippen molar-refractivity contribution in [2.45, 2.75) is 46.6 Å². The van der Waals surface area contributed by atoms with Crippen molar-refractivity contribution in [3.63, 3.8) is 0 Å². The SMILES string of the molecule is CCCN(CC(=O)Nc1ccc(N2CCN(C(=O)c3ccc(C)cc3)CC2)cc1)C(=O)NC(C)(C)C. The van der Waals surface area contributed by atoms with Gasteiger partial charge in [0.05, 0.1) is 0 Å². The normalized spacial score (nSPS) is 13.8. The third kappa shape index (κ3) is 7.73. The Morgan fingerprint density at radius 1 is 0.917 bits per heavy atom. The highest BCUT2D eigenvalue weighted by Crippen LogP contribution is 2.20. The molecule has 8 heteroatoms. The third-order valence-corrected chi connectivity index (χ3v) is 5.98. The summed E-state index contributed by atoms with van der Waals surface area (Å²) in [5, 5.41) is 5.81. The first-order valence-corrected chi connectivity index (χ1v) is 12.6. The molecule has 4 amide bonds. The number of urea groups is 1. The zero-order chi connectivity index (χ0) is 26.3. The van der Waals surface area contributed by atoms with Crippen LogP contribution >= 0.6 is 0 Å². The summed E-state index contributed by atoms with van der Waals surface area (Å²) in [5.41, 5.74) is 3.23. The van der Waals surface area contributed by atoms with E-state index < -0.39 is 0 Å². The molecule has 1 heterocycles. The van der Waals surface area contributed by atoms with Crippen LogP contribution in [0.15, 0.2) is 48.5 Å². The van der Waals surface area contributed by atoms with Crippen LogP contribution in [0.5, 0.6) is 0 Å². The van der Waals surface area contributed by atoms with Gasteiger partial charge in [-0.05, 0) is 70.5 Å². The van der Waals surface area contributed by atoms with E-state index in [4.69, 9.17) is 0 Å². The number of benzene rings is 2. The minimum Gasteiger partial charge on any atom is -0.368 e. The molecule has 2 aromatic carbocycles. The Balaban J connectivity index is 1.51. The van der Waals surface area contributed by atoms with Crippen LogP contribution in [0.2, 0.25) is 0 Å². The molecule has 0 unspecified atom stereocenters. The molecule has 0 atom stereocenters. The third-order valence-electron chi connectivity index (χ3n) is 5.98. The van der Waals surface area contributed by atoms with Crippen molar-refractivity contribution in [3.05, 3.63) is 59.7 Å². The molecule has 0 aliphatic carbocycles. The van der Waals surface area contributed by atoms with Crippen LogP contribution in [-0.2, 0) is 4.79 Å². The molecule has 1 aliphatic rings. The highest BCUT2D eigenvalue weighted by atomic mass is 16.2. The summed E-state index contributed by atoms with van der Waals surface area (Å²) in [6.45, 7) is 13.1. The molecule has 8 nitrogen and oxygen atoms in total. The van der Waals surface area contributed by atoms with Gasteiger partial charge in [-0.25, -0.2) is 4.79 Å². The Morgan fingerprint density at radius 2 is 1.53 bits per heavy atom. The highest BCUT2D eigenvalue weighted by molar-refractivity contribution is 5.95. The quantitative estimate of drug-likeness (QED) is 0.608. The average Bonchev–Trinajstić information content (AvgIpc) is 2.83. The van der Waals surface area contributed by atoms with Crippen LogP contribution < -0.4 is 15.5 Å². The Labute approximate surface area is 214 Å². The van der Waals surface area contributed by atoms with Gasteiger partial charge in [-0.2, -0.15) is 0 Å². The number of anilines is 2. The lowest BCUT2D eigenvalue weighted by atomic mass is 10.1. The summed E-state index contributed by atoms with van der Waals surface area (Å²) in [6, 6.07) is 15.1. The van der Waals surface area contributed by atoms with E-state index in [2.05, 4.69) is 15.5 Å². The minimum atomic E-state index is -0.366. The van der Waals surface area contributed by atoms with E-state index in [0.29, 0.717) is 25.3 Å². The van der Waals surface area contributed by atoms with Crippen molar-refractivity contribution in [3.8, 4) is 0 Å². The summed E-state index contributed by atoms with van der Waals surface area (Å²) < 4.78 is 0. The highest BCUT2D eigenvalue weighted by Gasteiger charge is 2.23. The summed E-state index contributed by atoms with van der Waals surface area (Å²) in [5.74, 6) is -0.162. The molecule has 1 saturated heterocycles. The molecule has 194 valence electrons. The second kappa shape index (κ2) is 11.9. The van der Waals surface area contributed by atoms with Crippen molar-refractivity contribution in [2.24, 2.45) is 0 Å². The van der Waals surface area contributed by atoms with E-state index in [1.165, 1.54) is 4.90 Å². The standard InChI is InChI=1S/C28H39N5O3/c1-6-15-33(27(36)30-28(3,4)5)20-25(34)29-23-11-13-24(14-12-23)31-16-18-32(19-17-31)26(35)22-9-7-21(2)8-10-22/h7-14H,6,15-20H2,1-5H3,(H,29,34)(H,30,36). The second-order valence-electron chi connectivity index (χ2n) is 10.3. The van der Waals surface area contributed by atoms with Gasteiger partial charge >= 0.3 is 6.03 Å². The van der Waals surface area contributed by atoms with Crippen LogP contribution in [-0.4, -0.2) is 72.5 Å². The molecule has 1 aliphatic heterocycles. The number of hydrogen-bond acceptors (Lipinski definition) is 4.